The Morgan fingerprint density at radius 2 is 1.95 bits per heavy atom. The molecule has 2 aromatic rings. The van der Waals surface area contributed by atoms with Gasteiger partial charge < -0.3 is 4.74 Å². The number of rotatable bonds is 4. The summed E-state index contributed by atoms with van der Waals surface area (Å²) in [5, 5.41) is 0.588. The maximum atomic E-state index is 11.0. The fraction of sp³-hybridized carbons (Fsp3) is 0.188. The van der Waals surface area contributed by atoms with Crippen LogP contribution < -0.4 is 4.74 Å². The molecule has 0 bridgehead atoms. The van der Waals surface area contributed by atoms with Crippen LogP contribution in [0.25, 0.3) is 11.1 Å². The minimum atomic E-state index is 0.325. The fourth-order valence-corrected chi connectivity index (χ4v) is 2.22. The van der Waals surface area contributed by atoms with Crippen LogP contribution in [0.2, 0.25) is 5.02 Å². The van der Waals surface area contributed by atoms with Crippen molar-refractivity contribution in [3.05, 3.63) is 53.1 Å². The molecule has 0 heterocycles. The summed E-state index contributed by atoms with van der Waals surface area (Å²) in [5.74, 6) is 0.719. The van der Waals surface area contributed by atoms with Crippen molar-refractivity contribution in [2.24, 2.45) is 0 Å². The Morgan fingerprint density at radius 3 is 2.63 bits per heavy atom. The second kappa shape index (κ2) is 5.06. The van der Waals surface area contributed by atoms with Crippen LogP contribution in [0.5, 0.6) is 5.75 Å². The monoisotopic (exact) mass is 272 g/mol. The van der Waals surface area contributed by atoms with Crippen molar-refractivity contribution in [1.82, 2.24) is 0 Å². The number of hydrogen-bond donors (Lipinski definition) is 0. The van der Waals surface area contributed by atoms with Gasteiger partial charge in [-0.3, -0.25) is 4.79 Å². The SMILES string of the molecule is O=Cc1ccccc1-c1ccc(OC2CC2)c(Cl)c1. The molecule has 96 valence electrons. The quantitative estimate of drug-likeness (QED) is 0.773. The van der Waals surface area contributed by atoms with Gasteiger partial charge in [-0.15, -0.1) is 0 Å². The second-order valence-corrected chi connectivity index (χ2v) is 5.07. The van der Waals surface area contributed by atoms with E-state index in [0.717, 1.165) is 36.0 Å². The van der Waals surface area contributed by atoms with E-state index in [1.54, 1.807) is 6.07 Å². The van der Waals surface area contributed by atoms with Crippen LogP contribution in [0.3, 0.4) is 0 Å². The predicted octanol–water partition coefficient (Wildman–Crippen LogP) is 4.36. The van der Waals surface area contributed by atoms with Gasteiger partial charge in [0, 0.05) is 5.56 Å². The van der Waals surface area contributed by atoms with E-state index in [1.165, 1.54) is 0 Å². The molecule has 3 rings (SSSR count). The summed E-state index contributed by atoms with van der Waals surface area (Å²) in [6.45, 7) is 0. The topological polar surface area (TPSA) is 26.3 Å². The molecule has 1 aliphatic carbocycles. The molecule has 19 heavy (non-hydrogen) atoms. The number of halogens is 1. The van der Waals surface area contributed by atoms with Gasteiger partial charge in [0.15, 0.2) is 6.29 Å². The molecule has 0 N–H and O–H groups in total. The van der Waals surface area contributed by atoms with Gasteiger partial charge in [0.1, 0.15) is 5.75 Å². The molecule has 0 amide bonds. The Hall–Kier alpha value is -1.80. The zero-order chi connectivity index (χ0) is 13.2. The van der Waals surface area contributed by atoms with Crippen molar-refractivity contribution in [3.63, 3.8) is 0 Å². The zero-order valence-electron chi connectivity index (χ0n) is 10.3. The van der Waals surface area contributed by atoms with E-state index in [9.17, 15) is 4.79 Å². The number of carbonyl (C=O) groups is 1. The van der Waals surface area contributed by atoms with Gasteiger partial charge in [0.05, 0.1) is 11.1 Å². The van der Waals surface area contributed by atoms with Crippen LogP contribution >= 0.6 is 11.6 Å². The first-order valence-corrected chi connectivity index (χ1v) is 6.66. The molecule has 1 saturated carbocycles. The van der Waals surface area contributed by atoms with E-state index in [2.05, 4.69) is 0 Å². The van der Waals surface area contributed by atoms with Gasteiger partial charge in [-0.05, 0) is 36.1 Å². The van der Waals surface area contributed by atoms with E-state index in [4.69, 9.17) is 16.3 Å². The molecule has 0 spiro atoms. The van der Waals surface area contributed by atoms with Crippen molar-refractivity contribution in [1.29, 1.82) is 0 Å². The van der Waals surface area contributed by atoms with Crippen LogP contribution in [-0.2, 0) is 0 Å². The largest absolute Gasteiger partial charge is 0.489 e. The lowest BCUT2D eigenvalue weighted by atomic mass is 10.0. The lowest BCUT2D eigenvalue weighted by Crippen LogP contribution is -1.96. The number of aldehydes is 1. The molecule has 3 heteroatoms. The molecular formula is C16H13ClO2. The lowest BCUT2D eigenvalue weighted by Gasteiger charge is -2.10. The Bertz CT molecular complexity index is 618. The molecule has 0 aliphatic heterocycles. The Balaban J connectivity index is 1.96. The summed E-state index contributed by atoms with van der Waals surface area (Å²) in [5.41, 5.74) is 2.47. The first-order chi connectivity index (χ1) is 9.28. The van der Waals surface area contributed by atoms with Gasteiger partial charge in [-0.2, -0.15) is 0 Å². The molecule has 1 aliphatic rings. The van der Waals surface area contributed by atoms with Crippen LogP contribution in [0, 0.1) is 0 Å². The highest BCUT2D eigenvalue weighted by Crippen LogP contribution is 2.35. The van der Waals surface area contributed by atoms with Gasteiger partial charge in [0.25, 0.3) is 0 Å². The summed E-state index contributed by atoms with van der Waals surface area (Å²) in [6.07, 6.45) is 3.39. The lowest BCUT2D eigenvalue weighted by molar-refractivity contribution is 0.112. The minimum Gasteiger partial charge on any atom is -0.489 e. The van der Waals surface area contributed by atoms with E-state index in [-0.39, 0.29) is 0 Å². The van der Waals surface area contributed by atoms with Crippen molar-refractivity contribution in [2.75, 3.05) is 0 Å². The third kappa shape index (κ3) is 2.64. The first kappa shape index (κ1) is 12.2. The van der Waals surface area contributed by atoms with E-state index < -0.39 is 0 Å². The number of hydrogen-bond acceptors (Lipinski definition) is 2. The maximum absolute atomic E-state index is 11.0. The number of benzene rings is 2. The molecule has 2 nitrogen and oxygen atoms in total. The molecule has 2 aromatic carbocycles. The average Bonchev–Trinajstić information content (AvgIpc) is 3.25. The second-order valence-electron chi connectivity index (χ2n) is 4.67. The molecule has 0 unspecified atom stereocenters. The van der Waals surface area contributed by atoms with E-state index >= 15 is 0 Å². The maximum Gasteiger partial charge on any atom is 0.150 e. The molecule has 0 atom stereocenters. The predicted molar refractivity (Wildman–Crippen MR) is 75.9 cm³/mol. The molecular weight excluding hydrogens is 260 g/mol. The van der Waals surface area contributed by atoms with Gasteiger partial charge in [0.2, 0.25) is 0 Å². The number of ether oxygens (including phenoxy) is 1. The third-order valence-electron chi connectivity index (χ3n) is 3.15. The molecule has 1 fully saturated rings. The smallest absolute Gasteiger partial charge is 0.150 e. The highest BCUT2D eigenvalue weighted by Gasteiger charge is 2.24. The van der Waals surface area contributed by atoms with E-state index in [1.807, 2.05) is 36.4 Å². The molecule has 0 aromatic heterocycles. The van der Waals surface area contributed by atoms with Crippen LogP contribution in [0.15, 0.2) is 42.5 Å². The van der Waals surface area contributed by atoms with Crippen molar-refractivity contribution < 1.29 is 9.53 Å². The van der Waals surface area contributed by atoms with Crippen LogP contribution in [0.4, 0.5) is 0 Å². The summed E-state index contributed by atoms with van der Waals surface area (Å²) in [4.78, 5) is 11.0. The third-order valence-corrected chi connectivity index (χ3v) is 3.44. The molecule has 0 radical (unpaired) electrons. The highest BCUT2D eigenvalue weighted by molar-refractivity contribution is 6.32. The van der Waals surface area contributed by atoms with Gasteiger partial charge >= 0.3 is 0 Å². The van der Waals surface area contributed by atoms with Gasteiger partial charge in [-0.25, -0.2) is 0 Å². The van der Waals surface area contributed by atoms with Crippen LogP contribution in [-0.4, -0.2) is 12.4 Å². The summed E-state index contributed by atoms with van der Waals surface area (Å²) in [7, 11) is 0. The normalized spacial score (nSPS) is 14.2. The minimum absolute atomic E-state index is 0.325. The Morgan fingerprint density at radius 1 is 1.16 bits per heavy atom. The number of carbonyl (C=O) groups excluding carboxylic acids is 1. The molecule has 0 saturated heterocycles. The van der Waals surface area contributed by atoms with Gasteiger partial charge in [-0.1, -0.05) is 41.9 Å². The standard InChI is InChI=1S/C16H13ClO2/c17-15-9-11(5-8-16(15)19-13-6-7-13)14-4-2-1-3-12(14)10-18/h1-5,8-10,13H,6-7H2. The Kier molecular flexibility index (Phi) is 3.26. The summed E-state index contributed by atoms with van der Waals surface area (Å²) in [6, 6.07) is 13.1. The van der Waals surface area contributed by atoms with Crippen molar-refractivity contribution in [2.45, 2.75) is 18.9 Å². The zero-order valence-corrected chi connectivity index (χ0v) is 11.1. The summed E-state index contributed by atoms with van der Waals surface area (Å²) >= 11 is 6.23. The fourth-order valence-electron chi connectivity index (χ4n) is 1.99. The first-order valence-electron chi connectivity index (χ1n) is 6.29. The highest BCUT2D eigenvalue weighted by atomic mass is 35.5. The Labute approximate surface area is 117 Å². The van der Waals surface area contributed by atoms with Crippen molar-refractivity contribution >= 4 is 17.9 Å². The van der Waals surface area contributed by atoms with Crippen molar-refractivity contribution in [3.8, 4) is 16.9 Å². The van der Waals surface area contributed by atoms with Crippen LogP contribution in [0.1, 0.15) is 23.2 Å². The summed E-state index contributed by atoms with van der Waals surface area (Å²) < 4.78 is 5.70. The van der Waals surface area contributed by atoms with E-state index in [0.29, 0.717) is 16.7 Å². The average molecular weight is 273 g/mol.